The fourth-order valence-corrected chi connectivity index (χ4v) is 1.72. The van der Waals surface area contributed by atoms with E-state index in [1.54, 1.807) is 24.5 Å². The van der Waals surface area contributed by atoms with Crippen LogP contribution in [0.3, 0.4) is 0 Å². The van der Waals surface area contributed by atoms with Gasteiger partial charge in [-0.2, -0.15) is 0 Å². The molecule has 2 rings (SSSR count). The second kappa shape index (κ2) is 6.71. The second-order valence-corrected chi connectivity index (χ2v) is 4.60. The molecule has 0 fully saturated rings. The summed E-state index contributed by atoms with van der Waals surface area (Å²) in [5.41, 5.74) is 0.841. The van der Waals surface area contributed by atoms with Crippen molar-refractivity contribution in [3.05, 3.63) is 53.3 Å². The number of nitrogens with zero attached hydrogens (tertiary/aromatic N) is 1. The lowest BCUT2D eigenvalue weighted by Crippen LogP contribution is -2.35. The number of amides is 2. The van der Waals surface area contributed by atoms with Gasteiger partial charge in [0, 0.05) is 24.0 Å². The molecule has 6 nitrogen and oxygen atoms in total. The second-order valence-electron chi connectivity index (χ2n) is 4.16. The summed E-state index contributed by atoms with van der Waals surface area (Å²) in [4.78, 5) is 27.3. The predicted octanol–water partition coefficient (Wildman–Crippen LogP) is 1.70. The normalized spacial score (nSPS) is 9.95. The number of phenolic OH excluding ortho intramolecular Hbond substituents is 1. The molecule has 0 aliphatic carbocycles. The fourth-order valence-electron chi connectivity index (χ4n) is 1.55. The average molecular weight is 306 g/mol. The van der Waals surface area contributed by atoms with Crippen LogP contribution in [0.2, 0.25) is 5.02 Å². The van der Waals surface area contributed by atoms with Gasteiger partial charge in [-0.1, -0.05) is 17.7 Å². The van der Waals surface area contributed by atoms with Crippen molar-refractivity contribution >= 4 is 29.1 Å². The molecule has 2 amide bonds. The summed E-state index contributed by atoms with van der Waals surface area (Å²) < 4.78 is 0. The highest BCUT2D eigenvalue weighted by molar-refractivity contribution is 6.40. The lowest BCUT2D eigenvalue weighted by molar-refractivity contribution is -0.136. The highest BCUT2D eigenvalue weighted by Crippen LogP contribution is 2.26. The van der Waals surface area contributed by atoms with Crippen molar-refractivity contribution in [2.45, 2.75) is 6.54 Å². The van der Waals surface area contributed by atoms with E-state index in [4.69, 9.17) is 11.6 Å². The largest absolute Gasteiger partial charge is 0.506 e. The van der Waals surface area contributed by atoms with Gasteiger partial charge in [-0.3, -0.25) is 14.6 Å². The number of hydrogen-bond acceptors (Lipinski definition) is 4. The van der Waals surface area contributed by atoms with Crippen LogP contribution in [0, 0.1) is 0 Å². The summed E-state index contributed by atoms with van der Waals surface area (Å²) >= 11 is 5.75. The number of nitrogens with one attached hydrogen (secondary N) is 2. The Balaban J connectivity index is 1.94. The Morgan fingerprint density at radius 3 is 2.76 bits per heavy atom. The maximum Gasteiger partial charge on any atom is 0.313 e. The van der Waals surface area contributed by atoms with Crippen LogP contribution in [0.5, 0.6) is 5.75 Å². The van der Waals surface area contributed by atoms with Crippen LogP contribution in [0.25, 0.3) is 0 Å². The molecule has 1 aromatic carbocycles. The van der Waals surface area contributed by atoms with Gasteiger partial charge in [-0.15, -0.1) is 0 Å². The summed E-state index contributed by atoms with van der Waals surface area (Å²) in [5.74, 6) is -1.89. The number of phenols is 1. The molecule has 0 bridgehead atoms. The standard InChI is InChI=1S/C14H12ClN3O3/c15-10-3-4-12(19)11(6-10)18-14(21)13(20)17-8-9-2-1-5-16-7-9/h1-7,19H,8H2,(H,17,20)(H,18,21). The van der Waals surface area contributed by atoms with E-state index in [1.165, 1.54) is 18.2 Å². The monoisotopic (exact) mass is 305 g/mol. The Bertz CT molecular complexity index is 662. The van der Waals surface area contributed by atoms with Gasteiger partial charge in [0.15, 0.2) is 0 Å². The van der Waals surface area contributed by atoms with E-state index in [-0.39, 0.29) is 18.0 Å². The average Bonchev–Trinajstić information content (AvgIpc) is 2.49. The molecule has 3 N–H and O–H groups in total. The highest BCUT2D eigenvalue weighted by atomic mass is 35.5. The third-order valence-electron chi connectivity index (χ3n) is 2.59. The maximum absolute atomic E-state index is 11.7. The molecule has 0 aliphatic heterocycles. The quantitative estimate of drug-likeness (QED) is 0.594. The minimum absolute atomic E-state index is 0.0732. The zero-order valence-corrected chi connectivity index (χ0v) is 11.6. The van der Waals surface area contributed by atoms with Gasteiger partial charge in [0.25, 0.3) is 0 Å². The third kappa shape index (κ3) is 4.19. The lowest BCUT2D eigenvalue weighted by Gasteiger charge is -2.08. The van der Waals surface area contributed by atoms with E-state index in [0.717, 1.165) is 5.56 Å². The van der Waals surface area contributed by atoms with Crippen molar-refractivity contribution < 1.29 is 14.7 Å². The Kier molecular flexibility index (Phi) is 4.73. The van der Waals surface area contributed by atoms with Crippen LogP contribution in [0.15, 0.2) is 42.7 Å². The van der Waals surface area contributed by atoms with Gasteiger partial charge in [0.2, 0.25) is 0 Å². The van der Waals surface area contributed by atoms with Crippen LogP contribution < -0.4 is 10.6 Å². The Hall–Kier alpha value is -2.60. The van der Waals surface area contributed by atoms with Crippen molar-refractivity contribution in [2.24, 2.45) is 0 Å². The summed E-state index contributed by atoms with van der Waals surface area (Å²) in [7, 11) is 0. The first-order valence-corrected chi connectivity index (χ1v) is 6.40. The summed E-state index contributed by atoms with van der Waals surface area (Å²) in [6.07, 6.45) is 3.20. The number of halogens is 1. The topological polar surface area (TPSA) is 91.3 Å². The molecular weight excluding hydrogens is 294 g/mol. The van der Waals surface area contributed by atoms with E-state index in [2.05, 4.69) is 15.6 Å². The Labute approximate surface area is 125 Å². The number of benzene rings is 1. The van der Waals surface area contributed by atoms with Gasteiger partial charge < -0.3 is 15.7 Å². The lowest BCUT2D eigenvalue weighted by atomic mass is 10.2. The van der Waals surface area contributed by atoms with Crippen molar-refractivity contribution in [1.29, 1.82) is 0 Å². The van der Waals surface area contributed by atoms with E-state index in [0.29, 0.717) is 5.02 Å². The Morgan fingerprint density at radius 1 is 1.24 bits per heavy atom. The molecule has 0 unspecified atom stereocenters. The first-order chi connectivity index (χ1) is 10.1. The molecule has 1 heterocycles. The minimum atomic E-state index is -0.892. The SMILES string of the molecule is O=C(NCc1cccnc1)C(=O)Nc1cc(Cl)ccc1O. The van der Waals surface area contributed by atoms with Crippen molar-refractivity contribution in [3.8, 4) is 5.75 Å². The van der Waals surface area contributed by atoms with Crippen molar-refractivity contribution in [2.75, 3.05) is 5.32 Å². The van der Waals surface area contributed by atoms with Crippen molar-refractivity contribution in [1.82, 2.24) is 10.3 Å². The molecule has 0 atom stereocenters. The van der Waals surface area contributed by atoms with Crippen LogP contribution >= 0.6 is 11.6 Å². The number of rotatable bonds is 3. The number of anilines is 1. The van der Waals surface area contributed by atoms with Gasteiger partial charge >= 0.3 is 11.8 Å². The smallest absolute Gasteiger partial charge is 0.313 e. The third-order valence-corrected chi connectivity index (χ3v) is 2.82. The molecular formula is C14H12ClN3O3. The fraction of sp³-hybridized carbons (Fsp3) is 0.0714. The zero-order valence-electron chi connectivity index (χ0n) is 10.8. The first kappa shape index (κ1) is 14.8. The molecule has 0 aliphatic rings. The van der Waals surface area contributed by atoms with E-state index >= 15 is 0 Å². The number of carbonyl (C=O) groups is 2. The molecule has 7 heteroatoms. The molecule has 21 heavy (non-hydrogen) atoms. The molecule has 0 spiro atoms. The molecule has 108 valence electrons. The van der Waals surface area contributed by atoms with E-state index in [1.807, 2.05) is 0 Å². The summed E-state index contributed by atoms with van der Waals surface area (Å²) in [6.45, 7) is 0.182. The van der Waals surface area contributed by atoms with E-state index < -0.39 is 11.8 Å². The van der Waals surface area contributed by atoms with Gasteiger partial charge in [-0.25, -0.2) is 0 Å². The summed E-state index contributed by atoms with van der Waals surface area (Å²) in [5, 5.41) is 14.6. The van der Waals surface area contributed by atoms with Crippen LogP contribution in [-0.4, -0.2) is 21.9 Å². The number of aromatic nitrogens is 1. The van der Waals surface area contributed by atoms with Gasteiger partial charge in [-0.05, 0) is 29.8 Å². The number of hydrogen-bond donors (Lipinski definition) is 3. The maximum atomic E-state index is 11.7. The summed E-state index contributed by atoms with van der Waals surface area (Å²) in [6, 6.07) is 7.64. The molecule has 0 saturated carbocycles. The molecule has 1 aromatic heterocycles. The van der Waals surface area contributed by atoms with Gasteiger partial charge in [0.05, 0.1) is 5.69 Å². The van der Waals surface area contributed by atoms with Crippen molar-refractivity contribution in [3.63, 3.8) is 0 Å². The number of pyridine rings is 1. The van der Waals surface area contributed by atoms with Crippen LogP contribution in [0.4, 0.5) is 5.69 Å². The highest BCUT2D eigenvalue weighted by Gasteiger charge is 2.15. The molecule has 2 aromatic rings. The Morgan fingerprint density at radius 2 is 2.05 bits per heavy atom. The number of carbonyl (C=O) groups excluding carboxylic acids is 2. The number of aromatic hydroxyl groups is 1. The first-order valence-electron chi connectivity index (χ1n) is 6.03. The van der Waals surface area contributed by atoms with E-state index in [9.17, 15) is 14.7 Å². The predicted molar refractivity (Wildman–Crippen MR) is 77.8 cm³/mol. The zero-order chi connectivity index (χ0) is 15.2. The van der Waals surface area contributed by atoms with Crippen LogP contribution in [-0.2, 0) is 16.1 Å². The van der Waals surface area contributed by atoms with Crippen LogP contribution in [0.1, 0.15) is 5.56 Å². The minimum Gasteiger partial charge on any atom is -0.506 e. The molecule has 0 saturated heterocycles. The molecule has 0 radical (unpaired) electrons. The van der Waals surface area contributed by atoms with Gasteiger partial charge in [0.1, 0.15) is 5.75 Å².